The van der Waals surface area contributed by atoms with E-state index in [0.717, 1.165) is 70.0 Å². The molecular weight excluding hydrogens is 330 g/mol. The first-order chi connectivity index (χ1) is 12.6. The van der Waals surface area contributed by atoms with E-state index >= 15 is 0 Å². The van der Waals surface area contributed by atoms with E-state index in [4.69, 9.17) is 0 Å². The van der Waals surface area contributed by atoms with Crippen molar-refractivity contribution in [3.8, 4) is 0 Å². The number of carbonyl (C=O) groups is 2. The van der Waals surface area contributed by atoms with E-state index in [9.17, 15) is 9.59 Å². The molecule has 26 heavy (non-hydrogen) atoms. The van der Waals surface area contributed by atoms with Crippen molar-refractivity contribution in [3.05, 3.63) is 29.8 Å². The number of piperazine rings is 2. The van der Waals surface area contributed by atoms with Crippen LogP contribution in [-0.2, 0) is 16.0 Å². The molecule has 0 atom stereocenters. The number of hydrogen-bond donors (Lipinski definition) is 2. The summed E-state index contributed by atoms with van der Waals surface area (Å²) in [5, 5.41) is 10.4. The summed E-state index contributed by atoms with van der Waals surface area (Å²) in [5.41, 5.74) is 2.01. The fourth-order valence-corrected chi connectivity index (χ4v) is 3.52. The van der Waals surface area contributed by atoms with Gasteiger partial charge in [0.05, 0.1) is 5.69 Å². The summed E-state index contributed by atoms with van der Waals surface area (Å²) in [6.07, 6.45) is 1.27. The van der Waals surface area contributed by atoms with E-state index in [1.54, 1.807) is 11.9 Å². The van der Waals surface area contributed by atoms with Crippen LogP contribution in [0.15, 0.2) is 24.3 Å². The molecule has 2 N–H and O–H groups in total. The van der Waals surface area contributed by atoms with Gasteiger partial charge in [0.15, 0.2) is 0 Å². The van der Waals surface area contributed by atoms with Crippen molar-refractivity contribution in [2.45, 2.75) is 19.8 Å². The van der Waals surface area contributed by atoms with Gasteiger partial charge >= 0.3 is 0 Å². The second kappa shape index (κ2) is 9.12. The lowest BCUT2D eigenvalue weighted by Crippen LogP contribution is -2.54. The maximum Gasteiger partial charge on any atom is 0.238 e. The molecule has 0 saturated carbocycles. The minimum absolute atomic E-state index is 0.0218. The van der Waals surface area contributed by atoms with Crippen LogP contribution >= 0.6 is 0 Å². The molecular formula is C19H29N5O2. The Labute approximate surface area is 155 Å². The Bertz CT molecular complexity index is 607. The highest BCUT2D eigenvalue weighted by Crippen LogP contribution is 2.19. The summed E-state index contributed by atoms with van der Waals surface area (Å²) in [5.74, 6) is 0.246. The second-order valence-corrected chi connectivity index (χ2v) is 6.83. The molecule has 2 amide bonds. The van der Waals surface area contributed by atoms with Crippen LogP contribution in [-0.4, -0.2) is 74.1 Å². The monoisotopic (exact) mass is 359 g/mol. The number of rotatable bonds is 5. The average molecular weight is 359 g/mol. The van der Waals surface area contributed by atoms with Crippen LogP contribution in [0.1, 0.15) is 18.9 Å². The SMILES string of the molecule is CC(=O)N(c1ccc(CCC(=O)N2CCNCC2)cc1)N1CCNCC1. The molecule has 0 bridgehead atoms. The van der Waals surface area contributed by atoms with E-state index in [1.807, 2.05) is 29.2 Å². The number of nitrogens with one attached hydrogen (secondary N) is 2. The fourth-order valence-electron chi connectivity index (χ4n) is 3.52. The Morgan fingerprint density at radius 1 is 0.962 bits per heavy atom. The molecule has 0 spiro atoms. The van der Waals surface area contributed by atoms with Crippen molar-refractivity contribution in [2.75, 3.05) is 57.4 Å². The molecule has 0 aliphatic carbocycles. The van der Waals surface area contributed by atoms with Crippen molar-refractivity contribution in [2.24, 2.45) is 0 Å². The number of aryl methyl sites for hydroxylation is 1. The van der Waals surface area contributed by atoms with Gasteiger partial charge < -0.3 is 15.5 Å². The van der Waals surface area contributed by atoms with E-state index in [0.29, 0.717) is 6.42 Å². The maximum atomic E-state index is 12.3. The zero-order valence-corrected chi connectivity index (χ0v) is 15.5. The van der Waals surface area contributed by atoms with E-state index in [-0.39, 0.29) is 11.8 Å². The first kappa shape index (κ1) is 18.8. The zero-order chi connectivity index (χ0) is 18.4. The Morgan fingerprint density at radius 3 is 2.12 bits per heavy atom. The minimum atomic E-state index is 0.0218. The third kappa shape index (κ3) is 4.81. The predicted octanol–water partition coefficient (Wildman–Crippen LogP) is 0.224. The summed E-state index contributed by atoms with van der Waals surface area (Å²) in [6.45, 7) is 8.38. The van der Waals surface area contributed by atoms with Crippen LogP contribution in [0.4, 0.5) is 5.69 Å². The van der Waals surface area contributed by atoms with Crippen molar-refractivity contribution < 1.29 is 9.59 Å². The predicted molar refractivity (Wildman–Crippen MR) is 102 cm³/mol. The quantitative estimate of drug-likeness (QED) is 0.788. The molecule has 2 aliphatic rings. The largest absolute Gasteiger partial charge is 0.340 e. The summed E-state index contributed by atoms with van der Waals surface area (Å²) >= 11 is 0. The molecule has 7 heteroatoms. The standard InChI is InChI=1S/C19H29N5O2/c1-16(25)24(23-14-10-21-11-15-23)18-5-2-17(3-6-18)4-7-19(26)22-12-8-20-9-13-22/h2-3,5-6,20-21H,4,7-15H2,1H3. The highest BCUT2D eigenvalue weighted by atomic mass is 16.2. The van der Waals surface area contributed by atoms with Gasteiger partial charge in [0.25, 0.3) is 0 Å². The van der Waals surface area contributed by atoms with Gasteiger partial charge in [0.2, 0.25) is 11.8 Å². The van der Waals surface area contributed by atoms with Gasteiger partial charge in [-0.05, 0) is 24.1 Å². The van der Waals surface area contributed by atoms with Crippen LogP contribution in [0, 0.1) is 0 Å². The van der Waals surface area contributed by atoms with E-state index < -0.39 is 0 Å². The number of benzene rings is 1. The van der Waals surface area contributed by atoms with Crippen molar-refractivity contribution in [3.63, 3.8) is 0 Å². The molecule has 1 aromatic rings. The second-order valence-electron chi connectivity index (χ2n) is 6.83. The molecule has 2 fully saturated rings. The number of nitrogens with zero attached hydrogens (tertiary/aromatic N) is 3. The van der Waals surface area contributed by atoms with Crippen LogP contribution in [0.5, 0.6) is 0 Å². The minimum Gasteiger partial charge on any atom is -0.340 e. The Kier molecular flexibility index (Phi) is 6.60. The Hall–Kier alpha value is -1.96. The van der Waals surface area contributed by atoms with Gasteiger partial charge in [-0.15, -0.1) is 0 Å². The average Bonchev–Trinajstić information content (AvgIpc) is 2.68. The Balaban J connectivity index is 1.58. The number of amides is 2. The molecule has 0 unspecified atom stereocenters. The van der Waals surface area contributed by atoms with Crippen LogP contribution < -0.4 is 15.6 Å². The smallest absolute Gasteiger partial charge is 0.238 e. The third-order valence-corrected chi connectivity index (χ3v) is 4.95. The van der Waals surface area contributed by atoms with E-state index in [1.165, 1.54) is 0 Å². The molecule has 2 aliphatic heterocycles. The molecule has 2 heterocycles. The van der Waals surface area contributed by atoms with Gasteiger partial charge in [0, 0.05) is 65.7 Å². The fraction of sp³-hybridized carbons (Fsp3) is 0.579. The van der Waals surface area contributed by atoms with Crippen molar-refractivity contribution in [1.29, 1.82) is 0 Å². The highest BCUT2D eigenvalue weighted by Gasteiger charge is 2.22. The lowest BCUT2D eigenvalue weighted by Gasteiger charge is -2.37. The van der Waals surface area contributed by atoms with Crippen LogP contribution in [0.2, 0.25) is 0 Å². The zero-order valence-electron chi connectivity index (χ0n) is 15.5. The normalized spacial score (nSPS) is 18.6. The van der Waals surface area contributed by atoms with Crippen LogP contribution in [0.25, 0.3) is 0 Å². The molecule has 0 radical (unpaired) electrons. The van der Waals surface area contributed by atoms with Gasteiger partial charge in [-0.1, -0.05) is 12.1 Å². The molecule has 0 aromatic heterocycles. The molecule has 2 saturated heterocycles. The maximum absolute atomic E-state index is 12.3. The highest BCUT2D eigenvalue weighted by molar-refractivity contribution is 5.90. The molecule has 1 aromatic carbocycles. The molecule has 3 rings (SSSR count). The first-order valence-electron chi connectivity index (χ1n) is 9.49. The Morgan fingerprint density at radius 2 is 1.54 bits per heavy atom. The number of hydrazine groups is 1. The lowest BCUT2D eigenvalue weighted by atomic mass is 10.1. The van der Waals surface area contributed by atoms with Gasteiger partial charge in [-0.3, -0.25) is 9.59 Å². The van der Waals surface area contributed by atoms with Gasteiger partial charge in [0.1, 0.15) is 0 Å². The number of carbonyl (C=O) groups excluding carboxylic acids is 2. The van der Waals surface area contributed by atoms with Crippen molar-refractivity contribution >= 4 is 17.5 Å². The van der Waals surface area contributed by atoms with Gasteiger partial charge in [-0.25, -0.2) is 10.0 Å². The molecule has 142 valence electrons. The molecule has 7 nitrogen and oxygen atoms in total. The van der Waals surface area contributed by atoms with Crippen molar-refractivity contribution in [1.82, 2.24) is 20.5 Å². The topological polar surface area (TPSA) is 67.9 Å². The summed E-state index contributed by atoms with van der Waals surface area (Å²) in [6, 6.07) is 8.01. The van der Waals surface area contributed by atoms with Gasteiger partial charge in [-0.2, -0.15) is 0 Å². The third-order valence-electron chi connectivity index (χ3n) is 4.95. The van der Waals surface area contributed by atoms with Crippen LogP contribution in [0.3, 0.4) is 0 Å². The number of hydrogen-bond acceptors (Lipinski definition) is 5. The summed E-state index contributed by atoms with van der Waals surface area (Å²) in [4.78, 5) is 26.3. The lowest BCUT2D eigenvalue weighted by molar-refractivity contribution is -0.131. The first-order valence-corrected chi connectivity index (χ1v) is 9.49. The summed E-state index contributed by atoms with van der Waals surface area (Å²) < 4.78 is 0. The summed E-state index contributed by atoms with van der Waals surface area (Å²) in [7, 11) is 0. The number of anilines is 1. The van der Waals surface area contributed by atoms with E-state index in [2.05, 4.69) is 15.6 Å².